The van der Waals surface area contributed by atoms with Crippen LogP contribution in [0.1, 0.15) is 6.42 Å². The molecule has 0 saturated carbocycles. The van der Waals surface area contributed by atoms with Gasteiger partial charge in [0.1, 0.15) is 18.3 Å². The normalized spacial score (nSPS) is 13.4. The summed E-state index contributed by atoms with van der Waals surface area (Å²) in [7, 11) is -6.02. The molecule has 0 atom stereocenters. The highest BCUT2D eigenvalue weighted by Crippen LogP contribution is 1.98. The van der Waals surface area contributed by atoms with Crippen LogP contribution in [0.15, 0.2) is 0 Å². The highest BCUT2D eigenvalue weighted by molar-refractivity contribution is 8.01. The van der Waals surface area contributed by atoms with E-state index in [1.807, 2.05) is 0 Å². The minimum absolute atomic E-state index is 0.192. The van der Waals surface area contributed by atoms with Crippen LogP contribution in [0, 0.1) is 0 Å². The first-order valence-electron chi connectivity index (χ1n) is 3.06. The van der Waals surface area contributed by atoms with Crippen LogP contribution in [0.5, 0.6) is 0 Å². The van der Waals surface area contributed by atoms with Gasteiger partial charge in [-0.15, -0.1) is 4.21 Å². The summed E-state index contributed by atoms with van der Waals surface area (Å²) in [4.78, 5) is 0. The summed E-state index contributed by atoms with van der Waals surface area (Å²) in [5.41, 5.74) is 0. The van der Waals surface area contributed by atoms with E-state index in [9.17, 15) is 17.2 Å². The van der Waals surface area contributed by atoms with Crippen LogP contribution in [-0.2, 0) is 24.3 Å². The van der Waals surface area contributed by atoms with Crippen LogP contribution in [0.4, 0.5) is 0 Å². The van der Waals surface area contributed by atoms with Crippen LogP contribution in [-0.4, -0.2) is 37.0 Å². The van der Waals surface area contributed by atoms with Gasteiger partial charge in [-0.25, -0.2) is 8.42 Å². The molecule has 6 heteroatoms. The third-order valence-electron chi connectivity index (χ3n) is 1.03. The van der Waals surface area contributed by atoms with Crippen molar-refractivity contribution >= 4 is 20.1 Å². The number of rotatable bonds is 4. The van der Waals surface area contributed by atoms with E-state index in [-0.39, 0.29) is 6.42 Å². The van der Waals surface area contributed by atoms with Crippen molar-refractivity contribution in [1.82, 2.24) is 0 Å². The second-order valence-electron chi connectivity index (χ2n) is 2.76. The fourth-order valence-electron chi connectivity index (χ4n) is 0.583. The number of hydrogen-bond acceptors (Lipinski definition) is 4. The van der Waals surface area contributed by atoms with Crippen LogP contribution >= 0.6 is 0 Å². The summed E-state index contributed by atoms with van der Waals surface area (Å²) in [6, 6.07) is 0. The van der Waals surface area contributed by atoms with Gasteiger partial charge >= 0.3 is 0 Å². The molecule has 0 aromatic heterocycles. The van der Waals surface area contributed by atoms with Gasteiger partial charge in [-0.3, -0.25) is 0 Å². The molecule has 0 aromatic rings. The van der Waals surface area contributed by atoms with Crippen molar-refractivity contribution in [1.29, 1.82) is 0 Å². The van der Waals surface area contributed by atoms with Crippen LogP contribution < -0.4 is 0 Å². The maximum absolute atomic E-state index is 11.0. The molecule has 0 bridgehead atoms. The molecule has 0 saturated heterocycles. The molecule has 0 rings (SSSR count). The average Bonchev–Trinajstić information content (AvgIpc) is 1.55. The van der Waals surface area contributed by atoms with E-state index in [1.54, 1.807) is 12.5 Å². The van der Waals surface area contributed by atoms with Gasteiger partial charge in [-0.1, -0.05) is 0 Å². The topological polar surface area (TPSA) is 74.3 Å². The molecular formula is C5H12O4S2. The Labute approximate surface area is 68.2 Å². The second-order valence-corrected chi connectivity index (χ2v) is 7.56. The summed E-state index contributed by atoms with van der Waals surface area (Å²) >= 11 is 0. The van der Waals surface area contributed by atoms with Gasteiger partial charge in [-0.05, 0) is 0 Å². The van der Waals surface area contributed by atoms with Crippen LogP contribution in [0.2, 0.25) is 0 Å². The summed E-state index contributed by atoms with van der Waals surface area (Å²) in [5.74, 6) is -0.111. The van der Waals surface area contributed by atoms with Crippen molar-refractivity contribution in [2.24, 2.45) is 0 Å². The molecule has 0 aliphatic rings. The van der Waals surface area contributed by atoms with Crippen LogP contribution in [0.3, 0.4) is 0 Å². The zero-order chi connectivity index (χ0) is 9.12. The predicted molar refractivity (Wildman–Crippen MR) is 43.9 cm³/mol. The lowest BCUT2D eigenvalue weighted by Gasteiger charge is -2.05. The van der Waals surface area contributed by atoms with Crippen molar-refractivity contribution in [3.63, 3.8) is 0 Å². The summed E-state index contributed by atoms with van der Waals surface area (Å²) in [5, 5.41) is 0. The molecule has 0 aliphatic carbocycles. The zero-order valence-corrected chi connectivity index (χ0v) is 8.20. The third-order valence-corrected chi connectivity index (χ3v) is 3.09. The van der Waals surface area contributed by atoms with Crippen molar-refractivity contribution in [3.05, 3.63) is 0 Å². The third kappa shape index (κ3) is 10.1. The Morgan fingerprint density at radius 3 is 2.09 bits per heavy atom. The van der Waals surface area contributed by atoms with Gasteiger partial charge in [0.2, 0.25) is 0 Å². The Hall–Kier alpha value is 0.0600. The lowest BCUT2D eigenvalue weighted by Crippen LogP contribution is -2.14. The molecule has 0 amide bonds. The molecule has 0 N–H and O–H groups in total. The molecular weight excluding hydrogens is 188 g/mol. The Morgan fingerprint density at radius 2 is 1.82 bits per heavy atom. The molecule has 68 valence electrons. The first-order valence-corrected chi connectivity index (χ1v) is 7.18. The van der Waals surface area contributed by atoms with Gasteiger partial charge in [0.15, 0.2) is 0 Å². The minimum atomic E-state index is -4.12. The van der Waals surface area contributed by atoms with E-state index in [0.29, 0.717) is 5.75 Å². The Bertz CT molecular complexity index is 248. The van der Waals surface area contributed by atoms with Gasteiger partial charge < -0.3 is 4.55 Å². The average molecular weight is 200 g/mol. The van der Waals surface area contributed by atoms with E-state index >= 15 is 0 Å². The summed E-state index contributed by atoms with van der Waals surface area (Å²) < 4.78 is 41.2. The largest absolute Gasteiger partial charge is 0.748 e. The Morgan fingerprint density at radius 1 is 1.36 bits per heavy atom. The standard InChI is InChI=1S/C5H12O4S2/c1-10(2,6)4-3-5-11(7,8)9/h3-5H2,1-2H3. The molecule has 11 heavy (non-hydrogen) atoms. The predicted octanol–water partition coefficient (Wildman–Crippen LogP) is -0.319. The summed E-state index contributed by atoms with van der Waals surface area (Å²) in [6.45, 7) is 0. The lowest BCUT2D eigenvalue weighted by molar-refractivity contribution is 0.462. The van der Waals surface area contributed by atoms with Crippen molar-refractivity contribution in [3.8, 4) is 0 Å². The maximum atomic E-state index is 11.0. The number of hydrogen-bond donors (Lipinski definition) is 0. The SMILES string of the molecule is C[S+](C)(=O)CCCS(=O)(=O)[O-]. The minimum Gasteiger partial charge on any atom is -0.748 e. The highest BCUT2D eigenvalue weighted by Gasteiger charge is 2.11. The quantitative estimate of drug-likeness (QED) is 0.460. The van der Waals surface area contributed by atoms with E-state index in [2.05, 4.69) is 0 Å². The van der Waals surface area contributed by atoms with E-state index in [4.69, 9.17) is 0 Å². The zero-order valence-electron chi connectivity index (χ0n) is 6.57. The first-order chi connectivity index (χ1) is 4.71. The molecule has 0 aliphatic heterocycles. The van der Waals surface area contributed by atoms with Gasteiger partial charge in [-0.2, -0.15) is 0 Å². The van der Waals surface area contributed by atoms with Crippen molar-refractivity contribution < 1.29 is 17.2 Å². The highest BCUT2D eigenvalue weighted by atomic mass is 32.2. The second kappa shape index (κ2) is 3.64. The van der Waals surface area contributed by atoms with E-state index in [0.717, 1.165) is 0 Å². The Balaban J connectivity index is 3.70. The van der Waals surface area contributed by atoms with Gasteiger partial charge in [0.25, 0.3) is 0 Å². The van der Waals surface area contributed by atoms with Crippen molar-refractivity contribution in [2.75, 3.05) is 24.0 Å². The lowest BCUT2D eigenvalue weighted by atomic mass is 10.6. The molecule has 0 aromatic carbocycles. The molecule has 4 nitrogen and oxygen atoms in total. The Kier molecular flexibility index (Phi) is 3.66. The molecule has 0 fully saturated rings. The summed E-state index contributed by atoms with van der Waals surface area (Å²) in [6.07, 6.45) is 3.28. The molecule has 0 spiro atoms. The van der Waals surface area contributed by atoms with Crippen LogP contribution in [0.25, 0.3) is 0 Å². The molecule has 0 radical (unpaired) electrons. The fraction of sp³-hybridized carbons (Fsp3) is 1.00. The smallest absolute Gasteiger partial charge is 0.112 e. The fourth-order valence-corrected chi connectivity index (χ4v) is 2.10. The maximum Gasteiger partial charge on any atom is 0.112 e. The first kappa shape index (κ1) is 11.1. The van der Waals surface area contributed by atoms with E-state index in [1.165, 1.54) is 0 Å². The molecule has 0 heterocycles. The van der Waals surface area contributed by atoms with Gasteiger partial charge in [0, 0.05) is 12.2 Å². The van der Waals surface area contributed by atoms with Gasteiger partial charge in [0.05, 0.1) is 20.1 Å². The molecule has 0 unspecified atom stereocenters. The van der Waals surface area contributed by atoms with E-state index < -0.39 is 25.8 Å². The van der Waals surface area contributed by atoms with Crippen molar-refractivity contribution in [2.45, 2.75) is 6.42 Å². The monoisotopic (exact) mass is 200 g/mol.